The van der Waals surface area contributed by atoms with Crippen LogP contribution in [-0.2, 0) is 23.5 Å². The SMILES string of the molecule is CCCSCc1nc2c(c(C(=O)OC)n1)CCNC2. The molecule has 0 radical (unpaired) electrons. The lowest BCUT2D eigenvalue weighted by Gasteiger charge is -2.19. The van der Waals surface area contributed by atoms with Crippen LogP contribution in [0.3, 0.4) is 0 Å². The van der Waals surface area contributed by atoms with E-state index in [2.05, 4.69) is 22.2 Å². The molecule has 0 amide bonds. The maximum Gasteiger partial charge on any atom is 0.357 e. The monoisotopic (exact) mass is 281 g/mol. The van der Waals surface area contributed by atoms with Gasteiger partial charge >= 0.3 is 5.97 Å². The maximum atomic E-state index is 11.8. The second kappa shape index (κ2) is 6.86. The van der Waals surface area contributed by atoms with Gasteiger partial charge in [0.25, 0.3) is 0 Å². The zero-order valence-electron chi connectivity index (χ0n) is 11.4. The highest BCUT2D eigenvalue weighted by atomic mass is 32.2. The Balaban J connectivity index is 2.28. The van der Waals surface area contributed by atoms with Crippen LogP contribution in [0.25, 0.3) is 0 Å². The van der Waals surface area contributed by atoms with Crippen LogP contribution in [0.15, 0.2) is 0 Å². The Hall–Kier alpha value is -1.14. The summed E-state index contributed by atoms with van der Waals surface area (Å²) < 4.78 is 4.83. The van der Waals surface area contributed by atoms with E-state index in [1.54, 1.807) is 11.8 Å². The highest BCUT2D eigenvalue weighted by Gasteiger charge is 2.22. The molecule has 0 spiro atoms. The number of ether oxygens (including phenoxy) is 1. The van der Waals surface area contributed by atoms with Gasteiger partial charge in [-0.3, -0.25) is 0 Å². The Morgan fingerprint density at radius 1 is 1.47 bits per heavy atom. The fraction of sp³-hybridized carbons (Fsp3) is 0.615. The molecule has 19 heavy (non-hydrogen) atoms. The van der Waals surface area contributed by atoms with Crippen molar-refractivity contribution in [2.75, 3.05) is 19.4 Å². The number of nitrogens with zero attached hydrogens (tertiary/aromatic N) is 2. The second-order valence-electron chi connectivity index (χ2n) is 4.38. The summed E-state index contributed by atoms with van der Waals surface area (Å²) >= 11 is 1.79. The van der Waals surface area contributed by atoms with Crippen molar-refractivity contribution < 1.29 is 9.53 Å². The van der Waals surface area contributed by atoms with Gasteiger partial charge in [0, 0.05) is 12.1 Å². The Morgan fingerprint density at radius 3 is 3.05 bits per heavy atom. The number of fused-ring (bicyclic) bond motifs is 1. The molecule has 0 atom stereocenters. The molecular formula is C13H19N3O2S. The zero-order chi connectivity index (χ0) is 13.7. The molecule has 0 aliphatic carbocycles. The van der Waals surface area contributed by atoms with E-state index in [1.165, 1.54) is 7.11 Å². The number of nitrogens with one attached hydrogen (secondary N) is 1. The summed E-state index contributed by atoms with van der Waals surface area (Å²) in [6, 6.07) is 0. The lowest BCUT2D eigenvalue weighted by atomic mass is 10.0. The molecule has 5 nitrogen and oxygen atoms in total. The van der Waals surface area contributed by atoms with Crippen molar-refractivity contribution >= 4 is 17.7 Å². The number of rotatable bonds is 5. The molecule has 1 aliphatic heterocycles. The minimum Gasteiger partial charge on any atom is -0.464 e. The minimum absolute atomic E-state index is 0.359. The largest absolute Gasteiger partial charge is 0.464 e. The first kappa shape index (κ1) is 14.3. The first-order valence-corrected chi connectivity index (χ1v) is 7.67. The van der Waals surface area contributed by atoms with Gasteiger partial charge in [-0.15, -0.1) is 0 Å². The Labute approximate surface area is 117 Å². The molecule has 1 aromatic heterocycles. The second-order valence-corrected chi connectivity index (χ2v) is 5.49. The molecule has 2 rings (SSSR count). The summed E-state index contributed by atoms with van der Waals surface area (Å²) in [7, 11) is 1.39. The smallest absolute Gasteiger partial charge is 0.357 e. The molecule has 104 valence electrons. The molecule has 0 fully saturated rings. The van der Waals surface area contributed by atoms with E-state index in [0.717, 1.165) is 48.0 Å². The molecule has 0 saturated heterocycles. The molecular weight excluding hydrogens is 262 g/mol. The van der Waals surface area contributed by atoms with E-state index in [9.17, 15) is 4.79 Å². The average molecular weight is 281 g/mol. The van der Waals surface area contributed by atoms with Gasteiger partial charge in [-0.2, -0.15) is 11.8 Å². The van der Waals surface area contributed by atoms with Crippen LogP contribution < -0.4 is 5.32 Å². The highest BCUT2D eigenvalue weighted by molar-refractivity contribution is 7.98. The summed E-state index contributed by atoms with van der Waals surface area (Å²) in [5, 5.41) is 3.27. The van der Waals surface area contributed by atoms with E-state index in [4.69, 9.17) is 4.74 Å². The van der Waals surface area contributed by atoms with Gasteiger partial charge in [-0.1, -0.05) is 6.92 Å². The third kappa shape index (κ3) is 3.45. The normalized spacial score (nSPS) is 14.0. The van der Waals surface area contributed by atoms with Crippen molar-refractivity contribution in [3.63, 3.8) is 0 Å². The quantitative estimate of drug-likeness (QED) is 0.652. The molecule has 0 saturated carbocycles. The van der Waals surface area contributed by atoms with Crippen molar-refractivity contribution in [1.29, 1.82) is 0 Å². The molecule has 2 heterocycles. The first-order valence-electron chi connectivity index (χ1n) is 6.51. The average Bonchev–Trinajstić information content (AvgIpc) is 2.46. The van der Waals surface area contributed by atoms with Crippen molar-refractivity contribution in [3.05, 3.63) is 22.8 Å². The molecule has 6 heteroatoms. The number of carbonyl (C=O) groups is 1. The fourth-order valence-corrected chi connectivity index (χ4v) is 2.79. The van der Waals surface area contributed by atoms with Crippen molar-refractivity contribution in [1.82, 2.24) is 15.3 Å². The van der Waals surface area contributed by atoms with Gasteiger partial charge in [-0.05, 0) is 25.1 Å². The number of aromatic nitrogens is 2. The van der Waals surface area contributed by atoms with Crippen molar-refractivity contribution in [2.24, 2.45) is 0 Å². The van der Waals surface area contributed by atoms with Crippen LogP contribution >= 0.6 is 11.8 Å². The predicted molar refractivity (Wildman–Crippen MR) is 75.2 cm³/mol. The summed E-state index contributed by atoms with van der Waals surface area (Å²) in [6.45, 7) is 3.70. The van der Waals surface area contributed by atoms with E-state index < -0.39 is 0 Å². The van der Waals surface area contributed by atoms with Crippen LogP contribution in [0.4, 0.5) is 0 Å². The van der Waals surface area contributed by atoms with E-state index >= 15 is 0 Å². The van der Waals surface area contributed by atoms with E-state index in [-0.39, 0.29) is 5.97 Å². The lowest BCUT2D eigenvalue weighted by Crippen LogP contribution is -2.28. The fourth-order valence-electron chi connectivity index (χ4n) is 2.05. The van der Waals surface area contributed by atoms with Crippen molar-refractivity contribution in [3.8, 4) is 0 Å². The molecule has 1 N–H and O–H groups in total. The van der Waals surface area contributed by atoms with Crippen molar-refractivity contribution in [2.45, 2.75) is 32.1 Å². The summed E-state index contributed by atoms with van der Waals surface area (Å²) in [5.74, 6) is 2.18. The van der Waals surface area contributed by atoms with Gasteiger partial charge < -0.3 is 10.1 Å². The minimum atomic E-state index is -0.359. The summed E-state index contributed by atoms with van der Waals surface area (Å²) in [5.41, 5.74) is 2.32. The number of hydrogen-bond acceptors (Lipinski definition) is 6. The summed E-state index contributed by atoms with van der Waals surface area (Å²) in [6.07, 6.45) is 1.91. The number of thioether (sulfide) groups is 1. The van der Waals surface area contributed by atoms with Gasteiger partial charge in [-0.25, -0.2) is 14.8 Å². The molecule has 1 aliphatic rings. The van der Waals surface area contributed by atoms with E-state index in [0.29, 0.717) is 12.2 Å². The maximum absolute atomic E-state index is 11.8. The number of carbonyl (C=O) groups excluding carboxylic acids is 1. The van der Waals surface area contributed by atoms with Crippen LogP contribution in [0.1, 0.15) is 40.9 Å². The number of esters is 1. The number of hydrogen-bond donors (Lipinski definition) is 1. The van der Waals surface area contributed by atoms with Gasteiger partial charge in [0.05, 0.1) is 18.6 Å². The topological polar surface area (TPSA) is 64.1 Å². The third-order valence-corrected chi connectivity index (χ3v) is 4.10. The standard InChI is InChI=1S/C13H19N3O2S/c1-3-6-19-8-11-15-10-7-14-5-4-9(10)12(16-11)13(17)18-2/h14H,3-8H2,1-2H3. The predicted octanol–water partition coefficient (Wildman–Crippen LogP) is 1.55. The van der Waals surface area contributed by atoms with Crippen LogP contribution in [0.2, 0.25) is 0 Å². The molecule has 0 aromatic carbocycles. The van der Waals surface area contributed by atoms with Gasteiger partial charge in [0.15, 0.2) is 5.69 Å². The number of methoxy groups -OCH3 is 1. The molecule has 0 bridgehead atoms. The first-order chi connectivity index (χ1) is 9.26. The third-order valence-electron chi connectivity index (χ3n) is 2.94. The van der Waals surface area contributed by atoms with Crippen LogP contribution in [-0.4, -0.2) is 35.3 Å². The van der Waals surface area contributed by atoms with Gasteiger partial charge in [0.2, 0.25) is 0 Å². The highest BCUT2D eigenvalue weighted by Crippen LogP contribution is 2.19. The van der Waals surface area contributed by atoms with Crippen LogP contribution in [0, 0.1) is 0 Å². The Kier molecular flexibility index (Phi) is 5.15. The van der Waals surface area contributed by atoms with E-state index in [1.807, 2.05) is 0 Å². The van der Waals surface area contributed by atoms with Gasteiger partial charge in [0.1, 0.15) is 5.82 Å². The lowest BCUT2D eigenvalue weighted by molar-refractivity contribution is 0.0591. The zero-order valence-corrected chi connectivity index (χ0v) is 12.2. The summed E-state index contributed by atoms with van der Waals surface area (Å²) in [4.78, 5) is 20.8. The Bertz CT molecular complexity index is 465. The molecule has 0 unspecified atom stereocenters. The molecule has 1 aromatic rings. The Morgan fingerprint density at radius 2 is 2.32 bits per heavy atom. The van der Waals surface area contributed by atoms with Crippen LogP contribution in [0.5, 0.6) is 0 Å².